The van der Waals surface area contributed by atoms with Crippen molar-refractivity contribution in [1.29, 1.82) is 0 Å². The van der Waals surface area contributed by atoms with Gasteiger partial charge >= 0.3 is 0 Å². The van der Waals surface area contributed by atoms with Crippen molar-refractivity contribution in [2.75, 3.05) is 0 Å². The molecule has 0 aliphatic heterocycles. The van der Waals surface area contributed by atoms with Gasteiger partial charge in [0.15, 0.2) is 11.6 Å². The first-order valence-corrected chi connectivity index (χ1v) is 7.40. The Morgan fingerprint density at radius 3 is 2.65 bits per heavy atom. The van der Waals surface area contributed by atoms with Crippen molar-refractivity contribution >= 4 is 5.91 Å². The van der Waals surface area contributed by atoms with Crippen molar-refractivity contribution in [2.45, 2.75) is 25.0 Å². The Labute approximate surface area is 132 Å². The van der Waals surface area contributed by atoms with Crippen LogP contribution in [0.5, 0.6) is 0 Å². The molecular weight excluding hydrogens is 302 g/mol. The molecule has 0 radical (unpaired) electrons. The molecule has 0 bridgehead atoms. The smallest absolute Gasteiger partial charge is 0.254 e. The quantitative estimate of drug-likeness (QED) is 0.911. The van der Waals surface area contributed by atoms with Gasteiger partial charge in [0.2, 0.25) is 0 Å². The number of halogens is 2. The zero-order valence-corrected chi connectivity index (χ0v) is 12.2. The molecule has 1 heterocycles. The Kier molecular flexibility index (Phi) is 4.34. The zero-order chi connectivity index (χ0) is 16.4. The van der Waals surface area contributed by atoms with Crippen LogP contribution in [0.3, 0.4) is 0 Å². The first-order chi connectivity index (χ1) is 11.1. The number of carbonyl (C=O) groups excluding carboxylic acids is 1. The van der Waals surface area contributed by atoms with Crippen LogP contribution in [-0.2, 0) is 0 Å². The van der Waals surface area contributed by atoms with E-state index in [4.69, 9.17) is 0 Å². The summed E-state index contributed by atoms with van der Waals surface area (Å²) in [4.78, 5) is 16.5. The summed E-state index contributed by atoms with van der Waals surface area (Å²) in [6.45, 7) is 0. The lowest BCUT2D eigenvalue weighted by Crippen LogP contribution is -2.42. The number of rotatable bonds is 4. The van der Waals surface area contributed by atoms with Crippen molar-refractivity contribution in [3.63, 3.8) is 0 Å². The highest BCUT2D eigenvalue weighted by molar-refractivity contribution is 5.94. The largest absolute Gasteiger partial charge is 0.393 e. The third kappa shape index (κ3) is 3.22. The van der Waals surface area contributed by atoms with E-state index in [0.717, 1.165) is 6.07 Å². The summed E-state index contributed by atoms with van der Waals surface area (Å²) in [5.74, 6) is -2.91. The van der Waals surface area contributed by atoms with Gasteiger partial charge in [-0.05, 0) is 43.0 Å². The molecule has 1 aliphatic carbocycles. The predicted molar refractivity (Wildman–Crippen MR) is 79.5 cm³/mol. The summed E-state index contributed by atoms with van der Waals surface area (Å²) in [5, 5.41) is 12.2. The fourth-order valence-corrected chi connectivity index (χ4v) is 2.79. The average molecular weight is 318 g/mol. The summed E-state index contributed by atoms with van der Waals surface area (Å²) < 4.78 is 27.1. The Morgan fingerprint density at radius 1 is 1.22 bits per heavy atom. The molecule has 3 rings (SSSR count). The van der Waals surface area contributed by atoms with Crippen molar-refractivity contribution < 1.29 is 18.7 Å². The minimum absolute atomic E-state index is 0.0143. The molecule has 1 aromatic carbocycles. The fraction of sp³-hybridized carbons (Fsp3) is 0.294. The van der Waals surface area contributed by atoms with Crippen molar-refractivity contribution in [2.24, 2.45) is 5.92 Å². The Hall–Kier alpha value is -2.34. The molecule has 1 unspecified atom stereocenters. The molecule has 0 saturated heterocycles. The van der Waals surface area contributed by atoms with Gasteiger partial charge in [0.05, 0.1) is 23.4 Å². The highest BCUT2D eigenvalue weighted by Gasteiger charge is 2.36. The predicted octanol–water partition coefficient (Wildman–Crippen LogP) is 2.60. The molecule has 0 spiro atoms. The molecule has 4 nitrogen and oxygen atoms in total. The average Bonchev–Trinajstić information content (AvgIpc) is 2.53. The second-order valence-electron chi connectivity index (χ2n) is 5.69. The molecule has 1 aromatic heterocycles. The second-order valence-corrected chi connectivity index (χ2v) is 5.69. The van der Waals surface area contributed by atoms with E-state index in [9.17, 15) is 18.7 Å². The highest BCUT2D eigenvalue weighted by Crippen LogP contribution is 2.37. The first-order valence-electron chi connectivity index (χ1n) is 7.40. The van der Waals surface area contributed by atoms with E-state index in [1.807, 2.05) is 0 Å². The van der Waals surface area contributed by atoms with Gasteiger partial charge in [0.1, 0.15) is 0 Å². The lowest BCUT2D eigenvalue weighted by atomic mass is 9.76. The number of carbonyl (C=O) groups is 1. The normalized spacial score (nSPS) is 21.3. The summed E-state index contributed by atoms with van der Waals surface area (Å²) in [6.07, 6.45) is 2.28. The summed E-state index contributed by atoms with van der Waals surface area (Å²) >= 11 is 0. The number of aromatic nitrogens is 1. The van der Waals surface area contributed by atoms with E-state index in [1.54, 1.807) is 24.4 Å². The zero-order valence-electron chi connectivity index (χ0n) is 12.2. The van der Waals surface area contributed by atoms with Crippen LogP contribution in [0.2, 0.25) is 0 Å². The van der Waals surface area contributed by atoms with Crippen LogP contribution < -0.4 is 5.32 Å². The van der Waals surface area contributed by atoms with E-state index in [-0.39, 0.29) is 11.5 Å². The van der Waals surface area contributed by atoms with E-state index in [1.165, 1.54) is 12.1 Å². The van der Waals surface area contributed by atoms with Gasteiger partial charge in [-0.15, -0.1) is 0 Å². The van der Waals surface area contributed by atoms with Crippen molar-refractivity contribution in [3.8, 4) is 0 Å². The van der Waals surface area contributed by atoms with Gasteiger partial charge in [-0.3, -0.25) is 9.78 Å². The standard InChI is InChI=1S/C17H16F2N2O2/c18-13-5-3-4-12(15(13)19)17(23)21-16(10-8-11(22)9-10)14-6-1-2-7-20-14/h1-7,10-11,16,22H,8-9H2,(H,21,23). The van der Waals surface area contributed by atoms with E-state index >= 15 is 0 Å². The van der Waals surface area contributed by atoms with Crippen molar-refractivity contribution in [1.82, 2.24) is 10.3 Å². The SMILES string of the molecule is O=C(NC(c1ccccn1)C1CC(O)C1)c1cccc(F)c1F. The van der Waals surface area contributed by atoms with Crippen LogP contribution >= 0.6 is 0 Å². The number of aliphatic hydroxyl groups is 1. The summed E-state index contributed by atoms with van der Waals surface area (Å²) in [7, 11) is 0. The van der Waals surface area contributed by atoms with E-state index in [2.05, 4.69) is 10.3 Å². The molecule has 6 heteroatoms. The van der Waals surface area contributed by atoms with Crippen LogP contribution in [-0.4, -0.2) is 22.1 Å². The molecule has 120 valence electrons. The van der Waals surface area contributed by atoms with Crippen molar-refractivity contribution in [3.05, 3.63) is 65.5 Å². The van der Waals surface area contributed by atoms with E-state index in [0.29, 0.717) is 18.5 Å². The molecule has 1 atom stereocenters. The van der Waals surface area contributed by atoms with Crippen LogP contribution in [0.25, 0.3) is 0 Å². The third-order valence-electron chi connectivity index (χ3n) is 4.11. The number of aliphatic hydroxyl groups excluding tert-OH is 1. The fourth-order valence-electron chi connectivity index (χ4n) is 2.79. The third-order valence-corrected chi connectivity index (χ3v) is 4.11. The van der Waals surface area contributed by atoms with Crippen LogP contribution in [0.15, 0.2) is 42.6 Å². The van der Waals surface area contributed by atoms with Crippen LogP contribution in [0.1, 0.15) is 34.9 Å². The number of hydrogen-bond donors (Lipinski definition) is 2. The topological polar surface area (TPSA) is 62.2 Å². The second kappa shape index (κ2) is 6.42. The van der Waals surface area contributed by atoms with Gasteiger partial charge in [-0.2, -0.15) is 0 Å². The lowest BCUT2D eigenvalue weighted by molar-refractivity contribution is 0.0227. The maximum Gasteiger partial charge on any atom is 0.254 e. The minimum Gasteiger partial charge on any atom is -0.393 e. The number of nitrogens with one attached hydrogen (secondary N) is 1. The number of hydrogen-bond acceptors (Lipinski definition) is 3. The van der Waals surface area contributed by atoms with Gasteiger partial charge < -0.3 is 10.4 Å². The number of benzene rings is 1. The molecule has 2 aromatic rings. The molecule has 23 heavy (non-hydrogen) atoms. The number of amides is 1. The molecule has 1 amide bonds. The lowest BCUT2D eigenvalue weighted by Gasteiger charge is -2.37. The number of nitrogens with zero attached hydrogens (tertiary/aromatic N) is 1. The Balaban J connectivity index is 1.84. The van der Waals surface area contributed by atoms with Gasteiger partial charge in [0.25, 0.3) is 5.91 Å². The monoisotopic (exact) mass is 318 g/mol. The maximum atomic E-state index is 13.8. The minimum atomic E-state index is -1.17. The van der Waals surface area contributed by atoms with E-state index < -0.39 is 29.7 Å². The Bertz CT molecular complexity index is 703. The Morgan fingerprint density at radius 2 is 2.00 bits per heavy atom. The maximum absolute atomic E-state index is 13.8. The van der Waals surface area contributed by atoms with Gasteiger partial charge in [-0.25, -0.2) is 8.78 Å². The van der Waals surface area contributed by atoms with Crippen LogP contribution in [0, 0.1) is 17.6 Å². The summed E-state index contributed by atoms with van der Waals surface area (Å²) in [6, 6.07) is 8.34. The first kappa shape index (κ1) is 15.6. The number of pyridine rings is 1. The molecule has 2 N–H and O–H groups in total. The highest BCUT2D eigenvalue weighted by atomic mass is 19.2. The van der Waals surface area contributed by atoms with Crippen LogP contribution in [0.4, 0.5) is 8.78 Å². The molecule has 1 aliphatic rings. The molecule has 1 fully saturated rings. The summed E-state index contributed by atoms with van der Waals surface area (Å²) in [5.41, 5.74) is 0.292. The van der Waals surface area contributed by atoms with Gasteiger partial charge in [0, 0.05) is 6.20 Å². The molecule has 1 saturated carbocycles. The molecular formula is C17H16F2N2O2. The van der Waals surface area contributed by atoms with Gasteiger partial charge in [-0.1, -0.05) is 12.1 Å².